The van der Waals surface area contributed by atoms with E-state index in [1.54, 1.807) is 5.97 Å². The summed E-state index contributed by atoms with van der Waals surface area (Å²) in [5.74, 6) is 1.72. The molecule has 0 fully saturated rings. The molecule has 0 atom stereocenters. The predicted octanol–water partition coefficient (Wildman–Crippen LogP) is 3.04. The summed E-state index contributed by atoms with van der Waals surface area (Å²) in [5.41, 5.74) is 4.13. The SMILES string of the molecule is [B]=C/C(=C\C)CCCCc1ccccc1CNC. The molecule has 1 aromatic rings. The van der Waals surface area contributed by atoms with Crippen molar-refractivity contribution < 1.29 is 0 Å². The second-order valence-corrected chi connectivity index (χ2v) is 4.54. The van der Waals surface area contributed by atoms with Gasteiger partial charge in [0.2, 0.25) is 0 Å². The van der Waals surface area contributed by atoms with E-state index in [4.69, 9.17) is 7.49 Å². The van der Waals surface area contributed by atoms with E-state index in [1.807, 2.05) is 14.0 Å². The van der Waals surface area contributed by atoms with Crippen LogP contribution < -0.4 is 5.32 Å². The molecule has 0 saturated carbocycles. The Kier molecular flexibility index (Phi) is 7.35. The first-order valence-electron chi connectivity index (χ1n) is 6.73. The van der Waals surface area contributed by atoms with Gasteiger partial charge in [0, 0.05) is 0 Å². The second kappa shape index (κ2) is 8.88. The summed E-state index contributed by atoms with van der Waals surface area (Å²) < 4.78 is 0. The average molecular weight is 240 g/mol. The molecule has 0 aromatic heterocycles. The molecule has 0 spiro atoms. The summed E-state index contributed by atoms with van der Waals surface area (Å²) in [6.07, 6.45) is 6.74. The van der Waals surface area contributed by atoms with Gasteiger partial charge in [-0.2, -0.15) is 0 Å². The molecule has 1 nitrogen and oxygen atoms in total. The Balaban J connectivity index is 2.41. The van der Waals surface area contributed by atoms with Crippen molar-refractivity contribution in [3.05, 3.63) is 47.0 Å². The van der Waals surface area contributed by atoms with Crippen LogP contribution in [-0.4, -0.2) is 20.5 Å². The molecule has 95 valence electrons. The zero-order chi connectivity index (χ0) is 13.2. The molecule has 2 heteroatoms. The fourth-order valence-electron chi connectivity index (χ4n) is 2.13. The molecule has 0 amide bonds. The van der Waals surface area contributed by atoms with Crippen molar-refractivity contribution in [1.29, 1.82) is 0 Å². The molecule has 0 bridgehead atoms. The quantitative estimate of drug-likeness (QED) is 0.544. The van der Waals surface area contributed by atoms with Gasteiger partial charge in [0.1, 0.15) is 0 Å². The molecule has 1 rings (SSSR count). The van der Waals surface area contributed by atoms with E-state index in [1.165, 1.54) is 29.5 Å². The minimum atomic E-state index is 0.951. The van der Waals surface area contributed by atoms with Crippen LogP contribution in [-0.2, 0) is 13.0 Å². The van der Waals surface area contributed by atoms with E-state index in [0.29, 0.717) is 0 Å². The van der Waals surface area contributed by atoms with Gasteiger partial charge in [-0.05, 0) is 0 Å². The third-order valence-corrected chi connectivity index (χ3v) is 3.23. The van der Waals surface area contributed by atoms with Crippen LogP contribution in [0.15, 0.2) is 35.9 Å². The first-order chi connectivity index (χ1) is 8.81. The van der Waals surface area contributed by atoms with E-state index >= 15 is 0 Å². The van der Waals surface area contributed by atoms with Crippen molar-refractivity contribution in [3.8, 4) is 0 Å². The van der Waals surface area contributed by atoms with Crippen LogP contribution in [0.5, 0.6) is 0 Å². The first-order valence-corrected chi connectivity index (χ1v) is 6.73. The summed E-state index contributed by atoms with van der Waals surface area (Å²) in [7, 11) is 7.53. The zero-order valence-electron chi connectivity index (χ0n) is 11.6. The minimum absolute atomic E-state index is 0.951. The molecule has 1 aromatic carbocycles. The van der Waals surface area contributed by atoms with Crippen molar-refractivity contribution in [2.75, 3.05) is 7.05 Å². The van der Waals surface area contributed by atoms with Crippen LogP contribution in [0.2, 0.25) is 0 Å². The normalized spacial score (nSPS) is 11.5. The van der Waals surface area contributed by atoms with Crippen LogP contribution >= 0.6 is 0 Å². The molecule has 0 saturated heterocycles. The van der Waals surface area contributed by atoms with Gasteiger partial charge < -0.3 is 0 Å². The van der Waals surface area contributed by atoms with E-state index < -0.39 is 0 Å². The number of hydrogen-bond donors (Lipinski definition) is 1. The van der Waals surface area contributed by atoms with Gasteiger partial charge in [-0.15, -0.1) is 0 Å². The van der Waals surface area contributed by atoms with Gasteiger partial charge in [-0.1, -0.05) is 0 Å². The first kappa shape index (κ1) is 14.9. The number of hydrogen-bond acceptors (Lipinski definition) is 1. The Hall–Kier alpha value is -1.15. The number of allylic oxidation sites excluding steroid dienone is 2. The predicted molar refractivity (Wildman–Crippen MR) is 82.3 cm³/mol. The number of aryl methyl sites for hydroxylation is 1. The van der Waals surface area contributed by atoms with E-state index in [0.717, 1.165) is 19.4 Å². The van der Waals surface area contributed by atoms with Crippen molar-refractivity contribution in [2.45, 2.75) is 39.2 Å². The van der Waals surface area contributed by atoms with Gasteiger partial charge >= 0.3 is 112 Å². The summed E-state index contributed by atoms with van der Waals surface area (Å²) in [6.45, 7) is 2.99. The average Bonchev–Trinajstić information content (AvgIpc) is 2.41. The monoisotopic (exact) mass is 240 g/mol. The Morgan fingerprint density at radius 1 is 1.22 bits per heavy atom. The van der Waals surface area contributed by atoms with Crippen molar-refractivity contribution >= 4 is 13.5 Å². The Bertz CT molecular complexity index is 396. The maximum absolute atomic E-state index is 5.54. The van der Waals surface area contributed by atoms with Crippen LogP contribution in [0, 0.1) is 0 Å². The Morgan fingerprint density at radius 2 is 1.94 bits per heavy atom. The van der Waals surface area contributed by atoms with Gasteiger partial charge in [0.05, 0.1) is 0 Å². The van der Waals surface area contributed by atoms with Gasteiger partial charge in [0.25, 0.3) is 0 Å². The zero-order valence-corrected chi connectivity index (χ0v) is 11.6. The fourth-order valence-corrected chi connectivity index (χ4v) is 2.13. The molecule has 18 heavy (non-hydrogen) atoms. The molecular weight excluding hydrogens is 217 g/mol. The molecule has 1 N–H and O–H groups in total. The molecule has 0 unspecified atom stereocenters. The third kappa shape index (κ3) is 5.01. The van der Waals surface area contributed by atoms with E-state index in [2.05, 4.69) is 35.7 Å². The van der Waals surface area contributed by atoms with Crippen LogP contribution in [0.1, 0.15) is 37.3 Å². The van der Waals surface area contributed by atoms with Crippen LogP contribution in [0.4, 0.5) is 0 Å². The molecule has 0 aliphatic carbocycles. The Morgan fingerprint density at radius 3 is 2.56 bits per heavy atom. The number of rotatable bonds is 8. The van der Waals surface area contributed by atoms with Crippen molar-refractivity contribution in [1.82, 2.24) is 5.32 Å². The molecule has 1 radical (unpaired) electrons. The number of benzene rings is 1. The summed E-state index contributed by atoms with van der Waals surface area (Å²) in [6, 6.07) is 8.67. The van der Waals surface area contributed by atoms with Gasteiger partial charge in [-0.3, -0.25) is 0 Å². The molecule has 0 aliphatic rings. The van der Waals surface area contributed by atoms with Gasteiger partial charge in [-0.25, -0.2) is 0 Å². The van der Waals surface area contributed by atoms with E-state index in [-0.39, 0.29) is 0 Å². The molecular formula is C16H23BN. The maximum atomic E-state index is 5.54. The fraction of sp³-hybridized carbons (Fsp3) is 0.438. The van der Waals surface area contributed by atoms with Crippen LogP contribution in [0.25, 0.3) is 0 Å². The summed E-state index contributed by atoms with van der Waals surface area (Å²) in [5, 5.41) is 3.22. The Labute approximate surface area is 112 Å². The summed E-state index contributed by atoms with van der Waals surface area (Å²) in [4.78, 5) is 0. The third-order valence-electron chi connectivity index (χ3n) is 3.23. The van der Waals surface area contributed by atoms with Gasteiger partial charge in [0.15, 0.2) is 0 Å². The summed E-state index contributed by atoms with van der Waals surface area (Å²) >= 11 is 0. The second-order valence-electron chi connectivity index (χ2n) is 4.54. The number of unbranched alkanes of at least 4 members (excludes halogenated alkanes) is 1. The van der Waals surface area contributed by atoms with Crippen molar-refractivity contribution in [3.63, 3.8) is 0 Å². The van der Waals surface area contributed by atoms with E-state index in [9.17, 15) is 0 Å². The van der Waals surface area contributed by atoms with Crippen molar-refractivity contribution in [2.24, 2.45) is 0 Å². The van der Waals surface area contributed by atoms with Crippen LogP contribution in [0.3, 0.4) is 0 Å². The standard InChI is InChI=1S/C16H23BN/c1-3-14(12-17)8-4-5-9-15-10-6-7-11-16(15)13-18-2/h3,6-7,10-12,18H,4-5,8-9,13H2,1-2H3/b14-3-. The topological polar surface area (TPSA) is 12.0 Å². The number of nitrogens with one attached hydrogen (secondary N) is 1. The molecule has 0 heterocycles. The molecule has 0 aliphatic heterocycles.